The van der Waals surface area contributed by atoms with Gasteiger partial charge >= 0.3 is 6.03 Å². The van der Waals surface area contributed by atoms with Crippen LogP contribution in [0, 0.1) is 6.92 Å². The minimum absolute atomic E-state index is 0.128. The maximum Gasteiger partial charge on any atom is 0.319 e. The average Bonchev–Trinajstić information content (AvgIpc) is 3.18. The highest BCUT2D eigenvalue weighted by molar-refractivity contribution is 7.13. The van der Waals surface area contributed by atoms with Crippen molar-refractivity contribution < 1.29 is 14.3 Å². The SMILES string of the molecule is COc1ccc(NC(=O)c2nnc(CNC(=O)Nc3ccc(C)cc3Cl)s2)cc1. The highest BCUT2D eigenvalue weighted by atomic mass is 35.5. The number of urea groups is 1. The van der Waals surface area contributed by atoms with E-state index in [0.717, 1.165) is 16.9 Å². The van der Waals surface area contributed by atoms with E-state index in [9.17, 15) is 9.59 Å². The molecule has 0 fully saturated rings. The zero-order valence-electron chi connectivity index (χ0n) is 15.7. The Labute approximate surface area is 176 Å². The van der Waals surface area contributed by atoms with Gasteiger partial charge < -0.3 is 20.7 Å². The first-order valence-corrected chi connectivity index (χ1v) is 9.73. The summed E-state index contributed by atoms with van der Waals surface area (Å²) < 4.78 is 5.08. The molecule has 29 heavy (non-hydrogen) atoms. The van der Waals surface area contributed by atoms with Crippen molar-refractivity contribution in [3.63, 3.8) is 0 Å². The number of amides is 3. The monoisotopic (exact) mass is 431 g/mol. The molecule has 0 aliphatic heterocycles. The van der Waals surface area contributed by atoms with Crippen molar-refractivity contribution in [1.29, 1.82) is 0 Å². The highest BCUT2D eigenvalue weighted by Gasteiger charge is 2.14. The third-order valence-corrected chi connectivity index (χ3v) is 5.02. The van der Waals surface area contributed by atoms with Crippen molar-refractivity contribution in [2.75, 3.05) is 17.7 Å². The van der Waals surface area contributed by atoms with E-state index in [2.05, 4.69) is 26.1 Å². The molecule has 0 aliphatic carbocycles. The standard InChI is InChI=1S/C19H18ClN5O3S/c1-11-3-8-15(14(20)9-11)23-19(27)21-10-16-24-25-18(29-16)17(26)22-12-4-6-13(28-2)7-5-12/h3-9H,10H2,1-2H3,(H,22,26)(H2,21,23,27). The summed E-state index contributed by atoms with van der Waals surface area (Å²) in [4.78, 5) is 24.3. The predicted molar refractivity (Wildman–Crippen MR) is 113 cm³/mol. The van der Waals surface area contributed by atoms with Crippen LogP contribution in [0.4, 0.5) is 16.2 Å². The lowest BCUT2D eigenvalue weighted by Gasteiger charge is -2.08. The molecule has 0 atom stereocenters. The molecule has 0 aliphatic rings. The topological polar surface area (TPSA) is 105 Å². The van der Waals surface area contributed by atoms with Crippen LogP contribution < -0.4 is 20.7 Å². The van der Waals surface area contributed by atoms with Crippen LogP contribution in [-0.2, 0) is 6.54 Å². The van der Waals surface area contributed by atoms with Crippen molar-refractivity contribution >= 4 is 46.3 Å². The number of rotatable bonds is 6. The second-order valence-corrected chi connectivity index (χ2v) is 7.44. The number of aryl methyl sites for hydroxylation is 1. The van der Waals surface area contributed by atoms with Gasteiger partial charge in [0.05, 0.1) is 24.4 Å². The summed E-state index contributed by atoms with van der Waals surface area (Å²) in [7, 11) is 1.57. The van der Waals surface area contributed by atoms with Gasteiger partial charge in [-0.1, -0.05) is 29.0 Å². The van der Waals surface area contributed by atoms with Gasteiger partial charge in [-0.05, 0) is 48.9 Å². The maximum absolute atomic E-state index is 12.3. The van der Waals surface area contributed by atoms with Crippen LogP contribution >= 0.6 is 22.9 Å². The van der Waals surface area contributed by atoms with E-state index < -0.39 is 6.03 Å². The number of anilines is 2. The molecule has 10 heteroatoms. The molecule has 1 heterocycles. The fourth-order valence-electron chi connectivity index (χ4n) is 2.32. The van der Waals surface area contributed by atoms with Crippen LogP contribution in [0.1, 0.15) is 20.4 Å². The molecule has 1 aromatic heterocycles. The molecule has 150 valence electrons. The zero-order chi connectivity index (χ0) is 20.8. The van der Waals surface area contributed by atoms with Gasteiger partial charge in [-0.2, -0.15) is 0 Å². The van der Waals surface area contributed by atoms with E-state index >= 15 is 0 Å². The number of carbonyl (C=O) groups is 2. The first-order chi connectivity index (χ1) is 13.9. The Morgan fingerprint density at radius 1 is 1.10 bits per heavy atom. The Hall–Kier alpha value is -3.17. The Bertz CT molecular complexity index is 1020. The van der Waals surface area contributed by atoms with Crippen LogP contribution in [0.5, 0.6) is 5.75 Å². The number of aromatic nitrogens is 2. The molecule has 3 amide bonds. The molecule has 8 nitrogen and oxygen atoms in total. The number of benzene rings is 2. The molecule has 3 aromatic rings. The second-order valence-electron chi connectivity index (χ2n) is 5.97. The summed E-state index contributed by atoms with van der Waals surface area (Å²) in [5.41, 5.74) is 2.11. The second kappa shape index (κ2) is 9.35. The van der Waals surface area contributed by atoms with E-state index in [4.69, 9.17) is 16.3 Å². The number of methoxy groups -OCH3 is 1. The fourth-order valence-corrected chi connectivity index (χ4v) is 3.28. The Kier molecular flexibility index (Phi) is 6.63. The molecular weight excluding hydrogens is 414 g/mol. The molecule has 0 saturated heterocycles. The average molecular weight is 432 g/mol. The number of hydrogen-bond donors (Lipinski definition) is 3. The van der Waals surface area contributed by atoms with Crippen LogP contribution in [0.25, 0.3) is 0 Å². The third kappa shape index (κ3) is 5.66. The highest BCUT2D eigenvalue weighted by Crippen LogP contribution is 2.22. The van der Waals surface area contributed by atoms with E-state index in [1.807, 2.05) is 13.0 Å². The van der Waals surface area contributed by atoms with E-state index in [1.165, 1.54) is 0 Å². The minimum atomic E-state index is -0.435. The van der Waals surface area contributed by atoms with Crippen molar-refractivity contribution in [3.8, 4) is 5.75 Å². The first-order valence-electron chi connectivity index (χ1n) is 8.53. The third-order valence-electron chi connectivity index (χ3n) is 3.78. The summed E-state index contributed by atoms with van der Waals surface area (Å²) in [5.74, 6) is 0.312. The maximum atomic E-state index is 12.3. The Balaban J connectivity index is 1.52. The molecule has 3 N–H and O–H groups in total. The number of ether oxygens (including phenoxy) is 1. The van der Waals surface area contributed by atoms with Crippen molar-refractivity contribution in [2.24, 2.45) is 0 Å². The molecule has 0 saturated carbocycles. The van der Waals surface area contributed by atoms with Gasteiger partial charge in [0.1, 0.15) is 10.8 Å². The van der Waals surface area contributed by atoms with Gasteiger partial charge in [-0.3, -0.25) is 4.79 Å². The molecule has 0 unspecified atom stereocenters. The Morgan fingerprint density at radius 2 is 1.86 bits per heavy atom. The molecule has 2 aromatic carbocycles. The van der Waals surface area contributed by atoms with Gasteiger partial charge in [0.15, 0.2) is 0 Å². The quantitative estimate of drug-likeness (QED) is 0.545. The summed E-state index contributed by atoms with van der Waals surface area (Å²) in [5, 5.41) is 17.0. The Morgan fingerprint density at radius 3 is 2.55 bits per heavy atom. The van der Waals surface area contributed by atoms with Gasteiger partial charge in [-0.25, -0.2) is 4.79 Å². The number of carbonyl (C=O) groups excluding carboxylic acids is 2. The zero-order valence-corrected chi connectivity index (χ0v) is 17.2. The van der Waals surface area contributed by atoms with Crippen LogP contribution in [0.2, 0.25) is 5.02 Å². The van der Waals surface area contributed by atoms with Crippen LogP contribution in [0.15, 0.2) is 42.5 Å². The molecule has 3 rings (SSSR count). The number of hydrogen-bond acceptors (Lipinski definition) is 6. The van der Waals surface area contributed by atoms with E-state index in [1.54, 1.807) is 43.5 Å². The van der Waals surface area contributed by atoms with E-state index in [-0.39, 0.29) is 17.5 Å². The van der Waals surface area contributed by atoms with Gasteiger partial charge in [0, 0.05) is 5.69 Å². The lowest BCUT2D eigenvalue weighted by molar-refractivity contribution is 0.102. The lowest BCUT2D eigenvalue weighted by Crippen LogP contribution is -2.28. The van der Waals surface area contributed by atoms with Crippen LogP contribution in [0.3, 0.4) is 0 Å². The predicted octanol–water partition coefficient (Wildman–Crippen LogP) is 4.08. The van der Waals surface area contributed by atoms with Gasteiger partial charge in [0.2, 0.25) is 5.01 Å². The smallest absolute Gasteiger partial charge is 0.319 e. The number of halogens is 1. The van der Waals surface area contributed by atoms with Crippen molar-refractivity contribution in [2.45, 2.75) is 13.5 Å². The summed E-state index contributed by atoms with van der Waals surface area (Å²) in [6, 6.07) is 11.8. The summed E-state index contributed by atoms with van der Waals surface area (Å²) in [6.07, 6.45) is 0. The van der Waals surface area contributed by atoms with E-state index in [0.29, 0.717) is 27.2 Å². The molecule has 0 bridgehead atoms. The summed E-state index contributed by atoms with van der Waals surface area (Å²) >= 11 is 7.19. The van der Waals surface area contributed by atoms with Crippen LogP contribution in [-0.4, -0.2) is 29.2 Å². The largest absolute Gasteiger partial charge is 0.497 e. The van der Waals surface area contributed by atoms with Crippen molar-refractivity contribution in [1.82, 2.24) is 15.5 Å². The number of nitrogens with one attached hydrogen (secondary N) is 3. The van der Waals surface area contributed by atoms with Gasteiger partial charge in [-0.15, -0.1) is 10.2 Å². The molecule has 0 radical (unpaired) electrons. The summed E-state index contributed by atoms with van der Waals surface area (Å²) in [6.45, 7) is 2.04. The molecule has 0 spiro atoms. The lowest BCUT2D eigenvalue weighted by atomic mass is 10.2. The normalized spacial score (nSPS) is 10.3. The molecular formula is C19H18ClN5O3S. The van der Waals surface area contributed by atoms with Crippen molar-refractivity contribution in [3.05, 3.63) is 63.1 Å². The first kappa shape index (κ1) is 20.6. The van der Waals surface area contributed by atoms with Gasteiger partial charge in [0.25, 0.3) is 5.91 Å². The minimum Gasteiger partial charge on any atom is -0.497 e. The fraction of sp³-hybridized carbons (Fsp3) is 0.158. The number of nitrogens with zero attached hydrogens (tertiary/aromatic N) is 2.